The first-order valence-electron chi connectivity index (χ1n) is 10.5. The highest BCUT2D eigenvalue weighted by Gasteiger charge is 2.26. The summed E-state index contributed by atoms with van der Waals surface area (Å²) in [6.45, 7) is 6.56. The summed E-state index contributed by atoms with van der Waals surface area (Å²) in [5.74, 6) is -0.489. The van der Waals surface area contributed by atoms with Crippen molar-refractivity contribution in [1.29, 1.82) is 0 Å². The van der Waals surface area contributed by atoms with Crippen molar-refractivity contribution < 1.29 is 9.53 Å². The van der Waals surface area contributed by atoms with Crippen LogP contribution >= 0.6 is 0 Å². The van der Waals surface area contributed by atoms with Gasteiger partial charge in [-0.05, 0) is 12.5 Å². The molecule has 9 heteroatoms. The SMILES string of the molecule is CC(CN1CCOCC1)N(CC(=O)c1c(N)n(C)c(=O)n(C)c1=O)Cc1ccccc1. The average Bonchev–Trinajstić information content (AvgIpc) is 2.77. The third-order valence-corrected chi connectivity index (χ3v) is 5.81. The zero-order valence-corrected chi connectivity index (χ0v) is 18.4. The number of nitrogens with zero attached hydrogens (tertiary/aromatic N) is 4. The molecular weight excluding hydrogens is 398 g/mol. The first-order valence-corrected chi connectivity index (χ1v) is 10.5. The molecule has 0 aliphatic carbocycles. The first-order chi connectivity index (χ1) is 14.8. The van der Waals surface area contributed by atoms with Gasteiger partial charge in [-0.15, -0.1) is 0 Å². The highest BCUT2D eigenvalue weighted by Crippen LogP contribution is 2.13. The number of ketones is 1. The van der Waals surface area contributed by atoms with Crippen LogP contribution in [-0.4, -0.2) is 70.2 Å². The molecular formula is C22H31N5O4. The zero-order valence-electron chi connectivity index (χ0n) is 18.4. The van der Waals surface area contributed by atoms with E-state index in [0.29, 0.717) is 19.8 Å². The van der Waals surface area contributed by atoms with Gasteiger partial charge in [-0.25, -0.2) is 4.79 Å². The molecule has 1 fully saturated rings. The second-order valence-electron chi connectivity index (χ2n) is 8.04. The van der Waals surface area contributed by atoms with Gasteiger partial charge in [-0.2, -0.15) is 0 Å². The Balaban J connectivity index is 1.86. The smallest absolute Gasteiger partial charge is 0.332 e. The van der Waals surface area contributed by atoms with E-state index in [-0.39, 0.29) is 24.0 Å². The highest BCUT2D eigenvalue weighted by molar-refractivity contribution is 6.01. The van der Waals surface area contributed by atoms with Gasteiger partial charge in [0.2, 0.25) is 0 Å². The molecule has 2 N–H and O–H groups in total. The number of rotatable bonds is 8. The number of ether oxygens (including phenoxy) is 1. The van der Waals surface area contributed by atoms with Crippen molar-refractivity contribution in [3.05, 3.63) is 62.3 Å². The molecule has 1 atom stereocenters. The lowest BCUT2D eigenvalue weighted by molar-refractivity contribution is 0.0236. The summed E-state index contributed by atoms with van der Waals surface area (Å²) in [5, 5.41) is 0. The lowest BCUT2D eigenvalue weighted by atomic mass is 10.1. The topological polar surface area (TPSA) is 103 Å². The summed E-state index contributed by atoms with van der Waals surface area (Å²) < 4.78 is 7.48. The molecule has 1 unspecified atom stereocenters. The zero-order chi connectivity index (χ0) is 22.5. The number of nitrogen functional groups attached to an aromatic ring is 1. The molecule has 1 aliphatic heterocycles. The number of aromatic nitrogens is 2. The van der Waals surface area contributed by atoms with Crippen LogP contribution < -0.4 is 17.0 Å². The summed E-state index contributed by atoms with van der Waals surface area (Å²) in [6.07, 6.45) is 0. The summed E-state index contributed by atoms with van der Waals surface area (Å²) in [7, 11) is 2.81. The van der Waals surface area contributed by atoms with Crippen LogP contribution in [-0.2, 0) is 25.4 Å². The summed E-state index contributed by atoms with van der Waals surface area (Å²) in [4.78, 5) is 42.3. The molecule has 1 aromatic carbocycles. The van der Waals surface area contributed by atoms with Crippen molar-refractivity contribution in [2.75, 3.05) is 45.1 Å². The summed E-state index contributed by atoms with van der Waals surface area (Å²) >= 11 is 0. The Bertz CT molecular complexity index is 1020. The van der Waals surface area contributed by atoms with Gasteiger partial charge < -0.3 is 10.5 Å². The van der Waals surface area contributed by atoms with Gasteiger partial charge in [0.05, 0.1) is 19.8 Å². The highest BCUT2D eigenvalue weighted by atomic mass is 16.5. The van der Waals surface area contributed by atoms with Crippen molar-refractivity contribution in [3.63, 3.8) is 0 Å². The van der Waals surface area contributed by atoms with Gasteiger partial charge in [0, 0.05) is 46.3 Å². The third kappa shape index (κ3) is 5.30. The molecule has 1 aliphatic rings. The standard InChI is InChI=1S/C22H31N5O4/c1-16(13-26-9-11-31-12-10-26)27(14-17-7-5-4-6-8-17)15-18(28)19-20(23)24(2)22(30)25(3)21(19)29/h4-8,16H,9-15,23H2,1-3H3. The van der Waals surface area contributed by atoms with Gasteiger partial charge >= 0.3 is 5.69 Å². The summed E-state index contributed by atoms with van der Waals surface area (Å²) in [5.41, 5.74) is 5.72. The van der Waals surface area contributed by atoms with Crippen LogP contribution in [0.15, 0.2) is 39.9 Å². The van der Waals surface area contributed by atoms with Crippen LogP contribution in [0.3, 0.4) is 0 Å². The van der Waals surface area contributed by atoms with Crippen LogP contribution in [0.2, 0.25) is 0 Å². The molecule has 1 saturated heterocycles. The van der Waals surface area contributed by atoms with E-state index in [0.717, 1.165) is 34.3 Å². The largest absolute Gasteiger partial charge is 0.384 e. The molecule has 0 saturated carbocycles. The van der Waals surface area contributed by atoms with Gasteiger partial charge in [0.1, 0.15) is 11.4 Å². The fraction of sp³-hybridized carbons (Fsp3) is 0.500. The van der Waals surface area contributed by atoms with E-state index in [4.69, 9.17) is 10.5 Å². The Morgan fingerprint density at radius 3 is 2.42 bits per heavy atom. The second kappa shape index (κ2) is 10.0. The van der Waals surface area contributed by atoms with E-state index in [9.17, 15) is 14.4 Å². The molecule has 168 valence electrons. The van der Waals surface area contributed by atoms with Gasteiger partial charge in [-0.3, -0.25) is 28.5 Å². The Morgan fingerprint density at radius 2 is 1.77 bits per heavy atom. The van der Waals surface area contributed by atoms with Crippen molar-refractivity contribution in [2.24, 2.45) is 14.1 Å². The van der Waals surface area contributed by atoms with E-state index in [1.807, 2.05) is 30.3 Å². The fourth-order valence-electron chi connectivity index (χ4n) is 3.84. The molecule has 2 heterocycles. The lowest BCUT2D eigenvalue weighted by Gasteiger charge is -2.34. The van der Waals surface area contributed by atoms with Crippen LogP contribution in [0.5, 0.6) is 0 Å². The minimum absolute atomic E-state index is 0.0258. The Morgan fingerprint density at radius 1 is 1.13 bits per heavy atom. The van der Waals surface area contributed by atoms with Crippen molar-refractivity contribution in [1.82, 2.24) is 18.9 Å². The molecule has 0 spiro atoms. The van der Waals surface area contributed by atoms with Crippen molar-refractivity contribution in [2.45, 2.75) is 19.5 Å². The van der Waals surface area contributed by atoms with Crippen LogP contribution in [0.25, 0.3) is 0 Å². The third-order valence-electron chi connectivity index (χ3n) is 5.81. The molecule has 0 bridgehead atoms. The predicted molar refractivity (Wildman–Crippen MR) is 119 cm³/mol. The normalized spacial score (nSPS) is 15.9. The van der Waals surface area contributed by atoms with Crippen LogP contribution in [0.4, 0.5) is 5.82 Å². The first kappa shape index (κ1) is 22.9. The molecule has 0 radical (unpaired) electrons. The number of Topliss-reactive ketones (excluding diaryl/α,β-unsaturated/α-hetero) is 1. The minimum Gasteiger partial charge on any atom is -0.384 e. The Labute approximate surface area is 181 Å². The predicted octanol–water partition coefficient (Wildman–Crippen LogP) is 0.0718. The molecule has 3 rings (SSSR count). The number of hydrogen-bond acceptors (Lipinski definition) is 7. The Kier molecular flexibility index (Phi) is 7.42. The lowest BCUT2D eigenvalue weighted by Crippen LogP contribution is -2.48. The maximum atomic E-state index is 13.2. The van der Waals surface area contributed by atoms with E-state index in [2.05, 4.69) is 16.7 Å². The molecule has 31 heavy (non-hydrogen) atoms. The van der Waals surface area contributed by atoms with E-state index >= 15 is 0 Å². The van der Waals surface area contributed by atoms with Gasteiger partial charge in [0.25, 0.3) is 5.56 Å². The number of carbonyl (C=O) groups excluding carboxylic acids is 1. The second-order valence-corrected chi connectivity index (χ2v) is 8.04. The maximum Gasteiger partial charge on any atom is 0.332 e. The number of benzene rings is 1. The monoisotopic (exact) mass is 429 g/mol. The number of nitrogens with two attached hydrogens (primary N) is 1. The van der Waals surface area contributed by atoms with E-state index < -0.39 is 17.0 Å². The van der Waals surface area contributed by atoms with Crippen LogP contribution in [0, 0.1) is 0 Å². The number of hydrogen-bond donors (Lipinski definition) is 1. The quantitative estimate of drug-likeness (QED) is 0.593. The summed E-state index contributed by atoms with van der Waals surface area (Å²) in [6, 6.07) is 9.95. The van der Waals surface area contributed by atoms with Gasteiger partial charge in [-0.1, -0.05) is 30.3 Å². The van der Waals surface area contributed by atoms with E-state index in [1.165, 1.54) is 14.1 Å². The molecule has 1 aromatic heterocycles. The number of carbonyl (C=O) groups is 1. The van der Waals surface area contributed by atoms with Crippen LogP contribution in [0.1, 0.15) is 22.8 Å². The maximum absolute atomic E-state index is 13.2. The molecule has 0 amide bonds. The number of morpholine rings is 1. The fourth-order valence-corrected chi connectivity index (χ4v) is 3.84. The molecule has 9 nitrogen and oxygen atoms in total. The van der Waals surface area contributed by atoms with Gasteiger partial charge in [0.15, 0.2) is 5.78 Å². The average molecular weight is 430 g/mol. The molecule has 2 aromatic rings. The number of anilines is 1. The van der Waals surface area contributed by atoms with Crippen molar-refractivity contribution in [3.8, 4) is 0 Å². The van der Waals surface area contributed by atoms with Crippen molar-refractivity contribution >= 4 is 11.6 Å². The minimum atomic E-state index is -0.661. The Hall–Kier alpha value is -2.75. The van der Waals surface area contributed by atoms with E-state index in [1.54, 1.807) is 0 Å².